The third-order valence-electron chi connectivity index (χ3n) is 4.85. The highest BCUT2D eigenvalue weighted by Crippen LogP contribution is 2.45. The highest BCUT2D eigenvalue weighted by molar-refractivity contribution is 6.02. The van der Waals surface area contributed by atoms with Crippen LogP contribution in [0.5, 0.6) is 28.7 Å². The number of ketones is 1. The summed E-state index contributed by atoms with van der Waals surface area (Å²) in [5.41, 5.74) is 0.152. The van der Waals surface area contributed by atoms with Crippen molar-refractivity contribution < 1.29 is 55.1 Å². The van der Waals surface area contributed by atoms with E-state index in [0.717, 1.165) is 6.07 Å². The van der Waals surface area contributed by atoms with Crippen molar-refractivity contribution in [2.75, 3.05) is 0 Å². The van der Waals surface area contributed by atoms with Crippen molar-refractivity contribution in [3.05, 3.63) is 41.5 Å². The smallest absolute Gasteiger partial charge is 0.231 e. The summed E-state index contributed by atoms with van der Waals surface area (Å²) >= 11 is 0. The first kappa shape index (κ1) is 22.6. The molecule has 1 aliphatic rings. The molecule has 168 valence electrons. The van der Waals surface area contributed by atoms with Crippen LogP contribution in [-0.2, 0) is 11.2 Å². The molecule has 1 saturated heterocycles. The molecule has 1 heterocycles. The van der Waals surface area contributed by atoms with Gasteiger partial charge >= 0.3 is 0 Å². The minimum atomic E-state index is -1.93. The number of rotatable bonds is 6. The Morgan fingerprint density at radius 2 is 1.55 bits per heavy atom. The number of aromatic hydroxyl groups is 4. The summed E-state index contributed by atoms with van der Waals surface area (Å²) in [5, 5.41) is 78.6. The van der Waals surface area contributed by atoms with Gasteiger partial charge in [-0.2, -0.15) is 0 Å². The quantitative estimate of drug-likeness (QED) is 0.270. The van der Waals surface area contributed by atoms with E-state index in [2.05, 4.69) is 0 Å². The zero-order valence-corrected chi connectivity index (χ0v) is 16.0. The molecule has 0 saturated carbocycles. The van der Waals surface area contributed by atoms with Crippen molar-refractivity contribution in [1.29, 1.82) is 0 Å². The van der Waals surface area contributed by atoms with Gasteiger partial charge in [0.1, 0.15) is 35.4 Å². The lowest BCUT2D eigenvalue weighted by molar-refractivity contribution is -0.321. The summed E-state index contributed by atoms with van der Waals surface area (Å²) in [6.07, 6.45) is -9.25. The molecule has 1 fully saturated rings. The monoisotopic (exact) mass is 438 g/mol. The van der Waals surface area contributed by atoms with Crippen LogP contribution in [0.2, 0.25) is 0 Å². The van der Waals surface area contributed by atoms with Gasteiger partial charge in [0.25, 0.3) is 0 Å². The van der Waals surface area contributed by atoms with E-state index in [-0.39, 0.29) is 18.6 Å². The summed E-state index contributed by atoms with van der Waals surface area (Å²) in [7, 11) is 0. The van der Waals surface area contributed by atoms with Crippen molar-refractivity contribution >= 4 is 5.78 Å². The fourth-order valence-electron chi connectivity index (χ4n) is 3.10. The molecule has 0 aromatic heterocycles. The third kappa shape index (κ3) is 4.65. The van der Waals surface area contributed by atoms with Crippen LogP contribution in [0.1, 0.15) is 22.3 Å². The number of hydrogen-bond acceptors (Lipinski definition) is 11. The maximum Gasteiger partial charge on any atom is 0.231 e. The molecule has 0 bridgehead atoms. The fourth-order valence-corrected chi connectivity index (χ4v) is 3.10. The summed E-state index contributed by atoms with van der Waals surface area (Å²) in [5.74, 6) is -3.87. The normalized spacial score (nSPS) is 25.9. The first-order chi connectivity index (χ1) is 14.6. The predicted octanol–water partition coefficient (Wildman–Crippen LogP) is -0.539. The molecule has 11 heteroatoms. The molecule has 11 nitrogen and oxygen atoms in total. The predicted molar refractivity (Wildman–Crippen MR) is 102 cm³/mol. The second-order valence-electron chi connectivity index (χ2n) is 7.04. The lowest BCUT2D eigenvalue weighted by Crippen LogP contribution is -2.59. The Balaban J connectivity index is 1.82. The summed E-state index contributed by atoms with van der Waals surface area (Å²) in [6.45, 7) is 0. The maximum absolute atomic E-state index is 12.6. The molecule has 0 unspecified atom stereocenters. The minimum absolute atomic E-state index is 0.0561. The van der Waals surface area contributed by atoms with E-state index in [4.69, 9.17) is 9.47 Å². The Hall–Kier alpha value is -3.09. The van der Waals surface area contributed by atoms with Gasteiger partial charge in [0.05, 0.1) is 0 Å². The van der Waals surface area contributed by atoms with Gasteiger partial charge in [-0.3, -0.25) is 4.79 Å². The number of aliphatic hydroxyl groups is 4. The van der Waals surface area contributed by atoms with Crippen molar-refractivity contribution in [3.63, 3.8) is 0 Å². The zero-order chi connectivity index (χ0) is 22.9. The Morgan fingerprint density at radius 3 is 2.19 bits per heavy atom. The van der Waals surface area contributed by atoms with Crippen molar-refractivity contribution in [2.45, 2.75) is 43.7 Å². The Bertz CT molecular complexity index is 943. The van der Waals surface area contributed by atoms with Crippen LogP contribution >= 0.6 is 0 Å². The second kappa shape index (κ2) is 8.96. The number of aryl methyl sites for hydroxylation is 1. The van der Waals surface area contributed by atoms with Crippen LogP contribution in [0.25, 0.3) is 0 Å². The third-order valence-corrected chi connectivity index (χ3v) is 4.85. The van der Waals surface area contributed by atoms with E-state index in [1.54, 1.807) is 12.1 Å². The molecule has 31 heavy (non-hydrogen) atoms. The van der Waals surface area contributed by atoms with E-state index < -0.39 is 65.2 Å². The van der Waals surface area contributed by atoms with Gasteiger partial charge in [-0.1, -0.05) is 12.1 Å². The molecular weight excluding hydrogens is 416 g/mol. The van der Waals surface area contributed by atoms with Gasteiger partial charge in [-0.05, 0) is 24.1 Å². The maximum atomic E-state index is 12.6. The highest BCUT2D eigenvalue weighted by Gasteiger charge is 2.45. The van der Waals surface area contributed by atoms with Crippen molar-refractivity contribution in [1.82, 2.24) is 0 Å². The molecule has 2 aromatic carbocycles. The van der Waals surface area contributed by atoms with Crippen LogP contribution in [0.4, 0.5) is 0 Å². The van der Waals surface area contributed by atoms with Gasteiger partial charge in [-0.15, -0.1) is 0 Å². The number of carbonyl (C=O) groups is 1. The van der Waals surface area contributed by atoms with Gasteiger partial charge in [0.2, 0.25) is 12.0 Å². The van der Waals surface area contributed by atoms with E-state index in [1.807, 2.05) is 0 Å². The van der Waals surface area contributed by atoms with Crippen molar-refractivity contribution in [2.24, 2.45) is 0 Å². The molecular formula is C20H22O11. The van der Waals surface area contributed by atoms with Crippen LogP contribution in [0.15, 0.2) is 30.3 Å². The Kier molecular flexibility index (Phi) is 6.53. The highest BCUT2D eigenvalue weighted by atomic mass is 16.7. The fraction of sp³-hybridized carbons (Fsp3) is 0.350. The zero-order valence-electron chi connectivity index (χ0n) is 16.0. The summed E-state index contributed by atoms with van der Waals surface area (Å²) in [4.78, 5) is 12.6. The second-order valence-corrected chi connectivity index (χ2v) is 7.04. The van der Waals surface area contributed by atoms with Crippen LogP contribution in [0.3, 0.4) is 0 Å². The lowest BCUT2D eigenvalue weighted by atomic mass is 10.00. The first-order valence-electron chi connectivity index (χ1n) is 9.23. The average molecular weight is 438 g/mol. The molecule has 0 spiro atoms. The lowest BCUT2D eigenvalue weighted by Gasteiger charge is -2.38. The SMILES string of the molecule is O=C(CCc1ccc(O)cc1)c1c(O)cc(O)c(O[C@@H]2O[C@H](O)[C@@H](O)[C@H](O)[C@H]2O)c1O. The molecule has 0 radical (unpaired) electrons. The minimum Gasteiger partial charge on any atom is -0.508 e. The Morgan fingerprint density at radius 1 is 0.903 bits per heavy atom. The van der Waals surface area contributed by atoms with Crippen molar-refractivity contribution in [3.8, 4) is 28.7 Å². The summed E-state index contributed by atoms with van der Waals surface area (Å²) < 4.78 is 9.97. The number of phenolic OH excluding ortho intramolecular Hbond substituents is 4. The topological polar surface area (TPSA) is 197 Å². The Labute approximate surface area is 175 Å². The number of carbonyl (C=O) groups excluding carboxylic acids is 1. The number of phenols is 4. The summed E-state index contributed by atoms with van der Waals surface area (Å²) in [6, 6.07) is 6.81. The van der Waals surface area contributed by atoms with E-state index >= 15 is 0 Å². The van der Waals surface area contributed by atoms with Gasteiger partial charge in [-0.25, -0.2) is 0 Å². The molecule has 0 aliphatic carbocycles. The number of benzene rings is 2. The molecule has 8 N–H and O–H groups in total. The van der Waals surface area contributed by atoms with Gasteiger partial charge < -0.3 is 50.3 Å². The van der Waals surface area contributed by atoms with Crippen LogP contribution in [-0.4, -0.2) is 77.5 Å². The average Bonchev–Trinajstić information content (AvgIpc) is 2.72. The molecule has 3 rings (SSSR count). The number of hydrogen-bond donors (Lipinski definition) is 8. The van der Waals surface area contributed by atoms with Gasteiger partial charge in [0.15, 0.2) is 23.6 Å². The standard InChI is InChI=1S/C20H22O11/c21-9-4-1-8(2-5-9)3-6-10(22)13-11(23)7-12(24)18(14(13)25)30-20-17(28)15(26)16(27)19(29)31-20/h1-2,4-5,7,15-17,19-21,23-29H,3,6H2/t15-,16-,17+,19-,20+/m0/s1. The molecule has 2 aromatic rings. The van der Waals surface area contributed by atoms with Crippen LogP contribution in [0, 0.1) is 0 Å². The van der Waals surface area contributed by atoms with Gasteiger partial charge in [0, 0.05) is 12.5 Å². The van der Waals surface area contributed by atoms with Crippen LogP contribution < -0.4 is 4.74 Å². The molecule has 5 atom stereocenters. The van der Waals surface area contributed by atoms with E-state index in [0.29, 0.717) is 5.56 Å². The first-order valence-corrected chi connectivity index (χ1v) is 9.23. The number of ether oxygens (including phenoxy) is 2. The molecule has 1 aliphatic heterocycles. The van der Waals surface area contributed by atoms with E-state index in [9.17, 15) is 45.6 Å². The molecule has 0 amide bonds. The van der Waals surface area contributed by atoms with E-state index in [1.165, 1.54) is 12.1 Å². The number of aliphatic hydroxyl groups excluding tert-OH is 4. The number of Topliss-reactive ketones (excluding diaryl/α,β-unsaturated/α-hetero) is 1. The largest absolute Gasteiger partial charge is 0.508 e.